The molecular formula is C21H34Cl2N2O2. The third-order valence-corrected chi connectivity index (χ3v) is 5.10. The van der Waals surface area contributed by atoms with Gasteiger partial charge in [-0.25, -0.2) is 0 Å². The van der Waals surface area contributed by atoms with Gasteiger partial charge in [0.1, 0.15) is 5.75 Å². The maximum absolute atomic E-state index is 6.18. The van der Waals surface area contributed by atoms with Crippen LogP contribution in [0.1, 0.15) is 37.8 Å². The quantitative estimate of drug-likeness (QED) is 0.710. The summed E-state index contributed by atoms with van der Waals surface area (Å²) in [6.45, 7) is 14.0. The highest BCUT2D eigenvalue weighted by Gasteiger charge is 2.37. The van der Waals surface area contributed by atoms with Crippen molar-refractivity contribution >= 4 is 24.8 Å². The monoisotopic (exact) mass is 416 g/mol. The van der Waals surface area contributed by atoms with E-state index in [1.807, 2.05) is 6.08 Å². The van der Waals surface area contributed by atoms with Gasteiger partial charge in [0.2, 0.25) is 0 Å². The van der Waals surface area contributed by atoms with Crippen LogP contribution in [-0.2, 0) is 17.7 Å². The first-order valence-corrected chi connectivity index (χ1v) is 9.57. The van der Waals surface area contributed by atoms with Crippen LogP contribution in [0.2, 0.25) is 0 Å². The lowest BCUT2D eigenvalue weighted by Gasteiger charge is -2.45. The summed E-state index contributed by atoms with van der Waals surface area (Å²) < 4.78 is 12.1. The maximum Gasteiger partial charge on any atom is 0.123 e. The van der Waals surface area contributed by atoms with Crippen molar-refractivity contribution in [1.29, 1.82) is 0 Å². The van der Waals surface area contributed by atoms with Crippen LogP contribution >= 0.6 is 24.8 Å². The fraction of sp³-hybridized carbons (Fsp3) is 0.619. The number of hydrogen-bond donors (Lipinski definition) is 1. The van der Waals surface area contributed by atoms with Gasteiger partial charge >= 0.3 is 0 Å². The minimum atomic E-state index is 0. The molecule has 27 heavy (non-hydrogen) atoms. The van der Waals surface area contributed by atoms with Crippen LogP contribution in [0.3, 0.4) is 0 Å². The molecule has 0 radical (unpaired) electrons. The number of benzene rings is 1. The molecule has 0 unspecified atom stereocenters. The van der Waals surface area contributed by atoms with Gasteiger partial charge in [0, 0.05) is 19.6 Å². The summed E-state index contributed by atoms with van der Waals surface area (Å²) in [5.74, 6) is 0.982. The van der Waals surface area contributed by atoms with Crippen LogP contribution in [-0.4, -0.2) is 49.4 Å². The van der Waals surface area contributed by atoms with E-state index in [1.54, 1.807) is 0 Å². The molecule has 0 bridgehead atoms. The second-order valence-corrected chi connectivity index (χ2v) is 7.59. The number of halogens is 2. The number of rotatable bonds is 6. The highest BCUT2D eigenvalue weighted by Crippen LogP contribution is 2.29. The third-order valence-electron chi connectivity index (χ3n) is 5.10. The Kier molecular flexibility index (Phi) is 10.1. The fourth-order valence-electron chi connectivity index (χ4n) is 3.92. The Morgan fingerprint density at radius 2 is 2.04 bits per heavy atom. The van der Waals surface area contributed by atoms with Crippen LogP contribution in [0, 0.1) is 0 Å². The number of piperidine rings is 1. The van der Waals surface area contributed by atoms with Crippen molar-refractivity contribution in [1.82, 2.24) is 10.2 Å². The molecule has 2 heterocycles. The molecule has 2 saturated heterocycles. The number of morpholine rings is 1. The maximum atomic E-state index is 6.18. The molecule has 3 rings (SSSR count). The van der Waals surface area contributed by atoms with Crippen LogP contribution in [0.5, 0.6) is 5.75 Å². The van der Waals surface area contributed by atoms with E-state index in [2.05, 4.69) is 48.8 Å². The van der Waals surface area contributed by atoms with Crippen LogP contribution in [0.4, 0.5) is 0 Å². The average Bonchev–Trinajstić information content (AvgIpc) is 2.58. The van der Waals surface area contributed by atoms with E-state index in [9.17, 15) is 0 Å². The summed E-state index contributed by atoms with van der Waals surface area (Å²) in [4.78, 5) is 2.55. The van der Waals surface area contributed by atoms with E-state index in [4.69, 9.17) is 9.47 Å². The molecule has 0 amide bonds. The zero-order chi connectivity index (χ0) is 17.7. The largest absolute Gasteiger partial charge is 0.491 e. The molecule has 1 spiro atoms. The number of ether oxygens (including phenoxy) is 2. The summed E-state index contributed by atoms with van der Waals surface area (Å²) in [7, 11) is 0. The molecule has 4 nitrogen and oxygen atoms in total. The summed E-state index contributed by atoms with van der Waals surface area (Å²) in [5, 5.41) is 3.44. The normalized spacial score (nSPS) is 19.2. The number of nitrogens with one attached hydrogen (secondary N) is 1. The SMILES string of the molecule is C=CCc1cc(CN2CCOC3(CCNCC3)C2)ccc1OC(C)C.Cl.Cl. The van der Waals surface area contributed by atoms with Crippen molar-refractivity contribution < 1.29 is 9.47 Å². The minimum absolute atomic E-state index is 0. The lowest BCUT2D eigenvalue weighted by Crippen LogP contribution is -2.55. The van der Waals surface area contributed by atoms with E-state index < -0.39 is 0 Å². The van der Waals surface area contributed by atoms with Crippen LogP contribution in [0.15, 0.2) is 30.9 Å². The number of nitrogens with zero attached hydrogens (tertiary/aromatic N) is 1. The molecule has 0 saturated carbocycles. The molecule has 1 aromatic rings. The van der Waals surface area contributed by atoms with Gasteiger partial charge in [-0.05, 0) is 63.4 Å². The zero-order valence-corrected chi connectivity index (χ0v) is 18.2. The second kappa shape index (κ2) is 11.3. The van der Waals surface area contributed by atoms with Gasteiger partial charge in [-0.3, -0.25) is 4.90 Å². The molecule has 0 aromatic heterocycles. The van der Waals surface area contributed by atoms with E-state index in [0.29, 0.717) is 0 Å². The molecule has 1 aromatic carbocycles. The summed E-state index contributed by atoms with van der Waals surface area (Å²) in [5.41, 5.74) is 2.64. The Labute approximate surface area is 176 Å². The van der Waals surface area contributed by atoms with Crippen molar-refractivity contribution in [3.05, 3.63) is 42.0 Å². The molecular weight excluding hydrogens is 383 g/mol. The molecule has 0 atom stereocenters. The molecule has 2 aliphatic rings. The van der Waals surface area contributed by atoms with Crippen molar-refractivity contribution in [2.45, 2.75) is 51.4 Å². The van der Waals surface area contributed by atoms with E-state index in [0.717, 1.165) is 64.3 Å². The molecule has 0 aliphatic carbocycles. The zero-order valence-electron chi connectivity index (χ0n) is 16.5. The highest BCUT2D eigenvalue weighted by molar-refractivity contribution is 5.85. The number of hydrogen-bond acceptors (Lipinski definition) is 4. The predicted octanol–water partition coefficient (Wildman–Crippen LogP) is 4.00. The van der Waals surface area contributed by atoms with Crippen molar-refractivity contribution in [2.75, 3.05) is 32.8 Å². The van der Waals surface area contributed by atoms with Gasteiger partial charge in [0.05, 0.1) is 18.3 Å². The van der Waals surface area contributed by atoms with E-state index >= 15 is 0 Å². The second-order valence-electron chi connectivity index (χ2n) is 7.59. The molecule has 2 aliphatic heterocycles. The first-order valence-electron chi connectivity index (χ1n) is 9.57. The number of allylic oxidation sites excluding steroid dienone is 1. The van der Waals surface area contributed by atoms with Gasteiger partial charge in [-0.1, -0.05) is 18.2 Å². The van der Waals surface area contributed by atoms with Crippen molar-refractivity contribution in [3.63, 3.8) is 0 Å². The average molecular weight is 417 g/mol. The van der Waals surface area contributed by atoms with Crippen molar-refractivity contribution in [2.24, 2.45) is 0 Å². The first-order chi connectivity index (χ1) is 12.1. The molecule has 2 fully saturated rings. The van der Waals surface area contributed by atoms with Crippen LogP contribution in [0.25, 0.3) is 0 Å². The van der Waals surface area contributed by atoms with E-state index in [-0.39, 0.29) is 36.5 Å². The van der Waals surface area contributed by atoms with Crippen molar-refractivity contribution in [3.8, 4) is 5.75 Å². The standard InChI is InChI=1S/C21H32N2O2.2ClH/c1-4-5-19-14-18(6-7-20(19)25-17(2)3)15-23-12-13-24-21(16-23)8-10-22-11-9-21;;/h4,6-7,14,17,22H,1,5,8-13,15-16H2,2-3H3;2*1H. The lowest BCUT2D eigenvalue weighted by atomic mass is 9.90. The minimum Gasteiger partial charge on any atom is -0.491 e. The van der Waals surface area contributed by atoms with Crippen LogP contribution < -0.4 is 10.1 Å². The highest BCUT2D eigenvalue weighted by atomic mass is 35.5. The summed E-state index contributed by atoms with van der Waals surface area (Å²) in [6.07, 6.45) is 5.21. The molecule has 1 N–H and O–H groups in total. The molecule has 6 heteroatoms. The first kappa shape index (κ1) is 24.3. The van der Waals surface area contributed by atoms with E-state index in [1.165, 1.54) is 11.1 Å². The Morgan fingerprint density at radius 3 is 2.70 bits per heavy atom. The predicted molar refractivity (Wildman–Crippen MR) is 117 cm³/mol. The smallest absolute Gasteiger partial charge is 0.123 e. The van der Waals surface area contributed by atoms with Gasteiger partial charge in [0.25, 0.3) is 0 Å². The Morgan fingerprint density at radius 1 is 1.30 bits per heavy atom. The van der Waals surface area contributed by atoms with Gasteiger partial charge in [-0.15, -0.1) is 31.4 Å². The van der Waals surface area contributed by atoms with Gasteiger partial charge in [-0.2, -0.15) is 0 Å². The van der Waals surface area contributed by atoms with Gasteiger partial charge < -0.3 is 14.8 Å². The summed E-state index contributed by atoms with van der Waals surface area (Å²) in [6, 6.07) is 6.60. The molecule has 154 valence electrons. The lowest BCUT2D eigenvalue weighted by molar-refractivity contribution is -0.125. The Balaban J connectivity index is 0.00000182. The Bertz CT molecular complexity index is 584. The fourth-order valence-corrected chi connectivity index (χ4v) is 3.92. The van der Waals surface area contributed by atoms with Gasteiger partial charge in [0.15, 0.2) is 0 Å². The topological polar surface area (TPSA) is 33.7 Å². The third kappa shape index (κ3) is 6.65. The summed E-state index contributed by atoms with van der Waals surface area (Å²) >= 11 is 0. The Hall–Kier alpha value is -0.780.